The summed E-state index contributed by atoms with van der Waals surface area (Å²) in [6.07, 6.45) is 0. The molecule has 0 aliphatic carbocycles. The maximum absolute atomic E-state index is 5.75. The van der Waals surface area contributed by atoms with Gasteiger partial charge in [0.05, 0.1) is 0 Å². The molecule has 3 nitrogen and oxygen atoms in total. The fraction of sp³-hybridized carbons (Fsp3) is 1.00. The first-order valence-electron chi connectivity index (χ1n) is 4.81. The highest BCUT2D eigenvalue weighted by Gasteiger charge is 2.43. The normalized spacial score (nSPS) is 43.8. The Morgan fingerprint density at radius 1 is 1.25 bits per heavy atom. The monoisotopic (exact) mass is 169 g/mol. The highest BCUT2D eigenvalue weighted by atomic mass is 15.3. The molecule has 12 heavy (non-hydrogen) atoms. The minimum Gasteiger partial charge on any atom is -0.330 e. The van der Waals surface area contributed by atoms with Crippen LogP contribution >= 0.6 is 0 Å². The third kappa shape index (κ3) is 1.16. The van der Waals surface area contributed by atoms with Gasteiger partial charge < -0.3 is 15.5 Å². The number of likely N-dealkylation sites (tertiary alicyclic amines) is 2. The van der Waals surface area contributed by atoms with E-state index in [0.29, 0.717) is 0 Å². The van der Waals surface area contributed by atoms with E-state index in [0.717, 1.165) is 24.4 Å². The molecule has 0 radical (unpaired) electrons. The zero-order valence-corrected chi connectivity index (χ0v) is 8.03. The van der Waals surface area contributed by atoms with E-state index in [2.05, 4.69) is 23.9 Å². The van der Waals surface area contributed by atoms with Gasteiger partial charge in [0.25, 0.3) is 0 Å². The lowest BCUT2D eigenvalue weighted by molar-refractivity contribution is 0.275. The van der Waals surface area contributed by atoms with Crippen molar-refractivity contribution in [1.29, 1.82) is 0 Å². The van der Waals surface area contributed by atoms with E-state index in [1.807, 2.05) is 0 Å². The molecule has 2 rings (SSSR count). The summed E-state index contributed by atoms with van der Waals surface area (Å²) in [6, 6.07) is 0.781. The summed E-state index contributed by atoms with van der Waals surface area (Å²) < 4.78 is 0. The first-order chi connectivity index (χ1) is 5.72. The smallest absolute Gasteiger partial charge is 0.0264 e. The topological polar surface area (TPSA) is 32.5 Å². The molecule has 0 aromatic rings. The molecule has 70 valence electrons. The molecule has 2 heterocycles. The molecule has 0 bridgehead atoms. The van der Waals surface area contributed by atoms with Crippen molar-refractivity contribution in [3.05, 3.63) is 0 Å². The molecule has 0 aromatic heterocycles. The number of likely N-dealkylation sites (N-methyl/N-ethyl adjacent to an activating group) is 2. The van der Waals surface area contributed by atoms with Crippen LogP contribution in [-0.4, -0.2) is 56.1 Å². The van der Waals surface area contributed by atoms with Crippen molar-refractivity contribution < 1.29 is 0 Å². The summed E-state index contributed by atoms with van der Waals surface area (Å²) in [5.41, 5.74) is 5.75. The van der Waals surface area contributed by atoms with Crippen molar-refractivity contribution in [3.63, 3.8) is 0 Å². The van der Waals surface area contributed by atoms with E-state index in [9.17, 15) is 0 Å². The standard InChI is InChI=1S/C9H19N3/c1-11-5-8-7(3-10)4-12(2)9(8)6-11/h7-9H,3-6,10H2,1-2H3. The van der Waals surface area contributed by atoms with Crippen LogP contribution in [0.25, 0.3) is 0 Å². The van der Waals surface area contributed by atoms with Gasteiger partial charge >= 0.3 is 0 Å². The number of hydrogen-bond donors (Lipinski definition) is 1. The minimum absolute atomic E-state index is 0.741. The summed E-state index contributed by atoms with van der Waals surface area (Å²) in [7, 11) is 4.44. The van der Waals surface area contributed by atoms with Crippen LogP contribution in [0.5, 0.6) is 0 Å². The Bertz CT molecular complexity index is 171. The fourth-order valence-corrected chi connectivity index (χ4v) is 2.83. The Hall–Kier alpha value is -0.120. The first-order valence-corrected chi connectivity index (χ1v) is 4.81. The molecule has 3 heteroatoms. The van der Waals surface area contributed by atoms with Crippen molar-refractivity contribution in [2.75, 3.05) is 40.3 Å². The molecule has 2 fully saturated rings. The zero-order valence-electron chi connectivity index (χ0n) is 8.03. The Morgan fingerprint density at radius 3 is 2.67 bits per heavy atom. The molecule has 2 aliphatic rings. The van der Waals surface area contributed by atoms with Crippen molar-refractivity contribution in [2.45, 2.75) is 6.04 Å². The Morgan fingerprint density at radius 2 is 2.00 bits per heavy atom. The molecular formula is C9H19N3. The van der Waals surface area contributed by atoms with Gasteiger partial charge in [-0.25, -0.2) is 0 Å². The van der Waals surface area contributed by atoms with Gasteiger partial charge in [0.15, 0.2) is 0 Å². The molecule has 2 saturated heterocycles. The van der Waals surface area contributed by atoms with Gasteiger partial charge in [-0.3, -0.25) is 0 Å². The summed E-state index contributed by atoms with van der Waals surface area (Å²) >= 11 is 0. The predicted molar refractivity (Wildman–Crippen MR) is 49.9 cm³/mol. The van der Waals surface area contributed by atoms with E-state index < -0.39 is 0 Å². The summed E-state index contributed by atoms with van der Waals surface area (Å²) in [5.74, 6) is 1.58. The Kier molecular flexibility index (Phi) is 2.10. The molecule has 3 unspecified atom stereocenters. The van der Waals surface area contributed by atoms with Gasteiger partial charge in [0.1, 0.15) is 0 Å². The van der Waals surface area contributed by atoms with Gasteiger partial charge in [0.2, 0.25) is 0 Å². The van der Waals surface area contributed by atoms with E-state index in [-0.39, 0.29) is 0 Å². The minimum atomic E-state index is 0.741. The van der Waals surface area contributed by atoms with Gasteiger partial charge in [-0.1, -0.05) is 0 Å². The second-order valence-electron chi connectivity index (χ2n) is 4.39. The zero-order chi connectivity index (χ0) is 8.72. The van der Waals surface area contributed by atoms with Crippen LogP contribution in [0.4, 0.5) is 0 Å². The van der Waals surface area contributed by atoms with Gasteiger partial charge in [-0.05, 0) is 32.5 Å². The van der Waals surface area contributed by atoms with Crippen LogP contribution in [0.15, 0.2) is 0 Å². The number of fused-ring (bicyclic) bond motifs is 1. The average Bonchev–Trinajstić information content (AvgIpc) is 2.52. The van der Waals surface area contributed by atoms with E-state index in [4.69, 9.17) is 5.73 Å². The van der Waals surface area contributed by atoms with Crippen LogP contribution in [0, 0.1) is 11.8 Å². The molecule has 0 amide bonds. The quantitative estimate of drug-likeness (QED) is 0.571. The van der Waals surface area contributed by atoms with Crippen LogP contribution in [0.3, 0.4) is 0 Å². The van der Waals surface area contributed by atoms with Gasteiger partial charge in [-0.15, -0.1) is 0 Å². The van der Waals surface area contributed by atoms with Gasteiger partial charge in [0, 0.05) is 25.7 Å². The summed E-state index contributed by atoms with van der Waals surface area (Å²) in [4.78, 5) is 4.90. The predicted octanol–water partition coefficient (Wildman–Crippen LogP) is -0.563. The van der Waals surface area contributed by atoms with Crippen LogP contribution in [0.1, 0.15) is 0 Å². The first kappa shape index (κ1) is 8.48. The second-order valence-corrected chi connectivity index (χ2v) is 4.39. The number of hydrogen-bond acceptors (Lipinski definition) is 3. The number of rotatable bonds is 1. The molecule has 3 atom stereocenters. The lowest BCUT2D eigenvalue weighted by atomic mass is 9.93. The highest BCUT2D eigenvalue weighted by molar-refractivity contribution is 4.98. The van der Waals surface area contributed by atoms with Crippen LogP contribution in [-0.2, 0) is 0 Å². The van der Waals surface area contributed by atoms with E-state index >= 15 is 0 Å². The molecule has 0 spiro atoms. The second kappa shape index (κ2) is 2.98. The number of nitrogens with two attached hydrogens (primary N) is 1. The maximum Gasteiger partial charge on any atom is 0.0264 e. The molecule has 0 aromatic carbocycles. The van der Waals surface area contributed by atoms with Crippen LogP contribution in [0.2, 0.25) is 0 Å². The highest BCUT2D eigenvalue weighted by Crippen LogP contribution is 2.33. The summed E-state index contributed by atoms with van der Waals surface area (Å²) in [5, 5.41) is 0. The van der Waals surface area contributed by atoms with Gasteiger partial charge in [-0.2, -0.15) is 0 Å². The van der Waals surface area contributed by atoms with Crippen LogP contribution < -0.4 is 5.73 Å². The lowest BCUT2D eigenvalue weighted by Gasteiger charge is -2.17. The SMILES string of the molecule is CN1CC2C(CN)CN(C)C2C1. The van der Waals surface area contributed by atoms with Crippen molar-refractivity contribution in [2.24, 2.45) is 17.6 Å². The average molecular weight is 169 g/mol. The third-order valence-electron chi connectivity index (χ3n) is 3.51. The van der Waals surface area contributed by atoms with Crippen molar-refractivity contribution in [3.8, 4) is 0 Å². The third-order valence-corrected chi connectivity index (χ3v) is 3.51. The molecule has 2 aliphatic heterocycles. The van der Waals surface area contributed by atoms with E-state index in [1.165, 1.54) is 19.6 Å². The van der Waals surface area contributed by atoms with Crippen molar-refractivity contribution in [1.82, 2.24) is 9.80 Å². The van der Waals surface area contributed by atoms with E-state index in [1.54, 1.807) is 0 Å². The fourth-order valence-electron chi connectivity index (χ4n) is 2.83. The molecule has 2 N–H and O–H groups in total. The maximum atomic E-state index is 5.75. The lowest BCUT2D eigenvalue weighted by Crippen LogP contribution is -2.31. The van der Waals surface area contributed by atoms with Crippen molar-refractivity contribution >= 4 is 0 Å². The molecule has 0 saturated carbocycles. The Labute approximate surface area is 74.5 Å². The summed E-state index contributed by atoms with van der Waals surface area (Å²) in [6.45, 7) is 4.55. The largest absolute Gasteiger partial charge is 0.330 e. The Balaban J connectivity index is 2.08. The molecular weight excluding hydrogens is 150 g/mol. The number of nitrogens with zero attached hydrogens (tertiary/aromatic N) is 2.